The third-order valence-electron chi connectivity index (χ3n) is 2.65. The minimum Gasteiger partial charge on any atom is -0.363 e. The Hall–Kier alpha value is -1.40. The quantitative estimate of drug-likeness (QED) is 0.469. The van der Waals surface area contributed by atoms with E-state index in [4.69, 9.17) is 11.6 Å². The van der Waals surface area contributed by atoms with Crippen LogP contribution in [0.3, 0.4) is 0 Å². The summed E-state index contributed by atoms with van der Waals surface area (Å²) in [5.41, 5.74) is -0.0565. The Morgan fingerprint density at radius 2 is 2.11 bits per heavy atom. The van der Waals surface area contributed by atoms with Gasteiger partial charge in [-0.1, -0.05) is 25.4 Å². The number of hydrogen-bond acceptors (Lipinski definition) is 5. The molecule has 6 nitrogen and oxygen atoms in total. The van der Waals surface area contributed by atoms with E-state index in [-0.39, 0.29) is 16.7 Å². The maximum Gasteiger partial charge on any atom is 0.311 e. The van der Waals surface area contributed by atoms with Crippen molar-refractivity contribution >= 4 is 23.1 Å². The van der Waals surface area contributed by atoms with E-state index in [1.165, 1.54) is 12.1 Å². The molecule has 0 fully saturated rings. The molecule has 0 saturated heterocycles. The molecule has 0 amide bonds. The molecule has 18 heavy (non-hydrogen) atoms. The van der Waals surface area contributed by atoms with Gasteiger partial charge in [0.25, 0.3) is 0 Å². The van der Waals surface area contributed by atoms with Crippen molar-refractivity contribution in [2.24, 2.45) is 0 Å². The van der Waals surface area contributed by atoms with E-state index < -0.39 is 4.92 Å². The molecule has 1 N–H and O–H groups in total. The van der Waals surface area contributed by atoms with E-state index in [0.717, 1.165) is 19.6 Å². The molecule has 0 bridgehead atoms. The van der Waals surface area contributed by atoms with Crippen molar-refractivity contribution in [3.05, 3.63) is 27.4 Å². The first kappa shape index (κ1) is 14.7. The van der Waals surface area contributed by atoms with E-state index in [1.54, 1.807) is 0 Å². The van der Waals surface area contributed by atoms with Crippen molar-refractivity contribution in [2.75, 3.05) is 31.5 Å². The van der Waals surface area contributed by atoms with Gasteiger partial charge in [0, 0.05) is 19.2 Å². The van der Waals surface area contributed by atoms with E-state index in [1.807, 2.05) is 0 Å². The van der Waals surface area contributed by atoms with E-state index in [0.29, 0.717) is 6.54 Å². The fourth-order valence-corrected chi connectivity index (χ4v) is 1.73. The molecule has 0 aliphatic heterocycles. The summed E-state index contributed by atoms with van der Waals surface area (Å²) >= 11 is 5.73. The third kappa shape index (κ3) is 4.12. The third-order valence-corrected chi connectivity index (χ3v) is 2.86. The van der Waals surface area contributed by atoms with Gasteiger partial charge in [0.1, 0.15) is 5.15 Å². The molecule has 0 radical (unpaired) electrons. The van der Waals surface area contributed by atoms with Crippen molar-refractivity contribution in [2.45, 2.75) is 13.8 Å². The number of nitrogens with one attached hydrogen (secondary N) is 1. The predicted octanol–water partition coefficient (Wildman–Crippen LogP) is 2.40. The fourth-order valence-electron chi connectivity index (χ4n) is 1.58. The summed E-state index contributed by atoms with van der Waals surface area (Å²) in [6.07, 6.45) is 0. The van der Waals surface area contributed by atoms with Crippen molar-refractivity contribution < 1.29 is 4.92 Å². The molecule has 1 aromatic heterocycles. The lowest BCUT2D eigenvalue weighted by Crippen LogP contribution is -2.28. The summed E-state index contributed by atoms with van der Waals surface area (Å²) in [6, 6.07) is 2.77. The zero-order valence-corrected chi connectivity index (χ0v) is 11.3. The number of halogens is 1. The average Bonchev–Trinajstić information content (AvgIpc) is 2.34. The van der Waals surface area contributed by atoms with Gasteiger partial charge in [-0.05, 0) is 19.2 Å². The van der Waals surface area contributed by atoms with Crippen LogP contribution >= 0.6 is 11.6 Å². The standard InChI is InChI=1S/C11H17ClN4O2/c1-3-15(4-2)8-7-13-11-9(16(17)18)5-6-10(12)14-11/h5-6H,3-4,7-8H2,1-2H3,(H,13,14). The molecule has 0 unspecified atom stereocenters. The molecule has 0 atom stereocenters. The molecule has 0 aliphatic carbocycles. The first-order valence-corrected chi connectivity index (χ1v) is 6.23. The van der Waals surface area contributed by atoms with Crippen LogP contribution < -0.4 is 5.32 Å². The number of pyridine rings is 1. The topological polar surface area (TPSA) is 71.3 Å². The summed E-state index contributed by atoms with van der Waals surface area (Å²) in [7, 11) is 0. The highest BCUT2D eigenvalue weighted by Gasteiger charge is 2.15. The fraction of sp³-hybridized carbons (Fsp3) is 0.545. The van der Waals surface area contributed by atoms with Gasteiger partial charge in [0.05, 0.1) is 4.92 Å². The zero-order chi connectivity index (χ0) is 13.5. The minimum atomic E-state index is -0.469. The van der Waals surface area contributed by atoms with Crippen LogP contribution in [0, 0.1) is 10.1 Å². The van der Waals surface area contributed by atoms with Gasteiger partial charge >= 0.3 is 5.69 Å². The smallest absolute Gasteiger partial charge is 0.311 e. The Morgan fingerprint density at radius 3 is 2.67 bits per heavy atom. The number of aromatic nitrogens is 1. The Balaban J connectivity index is 2.66. The maximum atomic E-state index is 10.8. The lowest BCUT2D eigenvalue weighted by molar-refractivity contribution is -0.384. The van der Waals surface area contributed by atoms with Gasteiger partial charge in [-0.15, -0.1) is 0 Å². The summed E-state index contributed by atoms with van der Waals surface area (Å²) in [6.45, 7) is 7.44. The first-order chi connectivity index (χ1) is 8.58. The molecule has 1 heterocycles. The van der Waals surface area contributed by atoms with Gasteiger partial charge in [-0.25, -0.2) is 4.98 Å². The monoisotopic (exact) mass is 272 g/mol. The summed E-state index contributed by atoms with van der Waals surface area (Å²) < 4.78 is 0. The molecule has 7 heteroatoms. The van der Waals surface area contributed by atoms with Gasteiger partial charge in [-0.3, -0.25) is 10.1 Å². The summed E-state index contributed by atoms with van der Waals surface area (Å²) in [4.78, 5) is 16.5. The normalized spacial score (nSPS) is 10.7. The summed E-state index contributed by atoms with van der Waals surface area (Å²) in [5, 5.41) is 14.0. The lowest BCUT2D eigenvalue weighted by atomic mass is 10.4. The van der Waals surface area contributed by atoms with Crippen LogP contribution in [0.2, 0.25) is 5.15 Å². The maximum absolute atomic E-state index is 10.8. The number of likely N-dealkylation sites (N-methyl/N-ethyl adjacent to an activating group) is 1. The number of anilines is 1. The van der Waals surface area contributed by atoms with Crippen molar-refractivity contribution in [3.8, 4) is 0 Å². The molecular weight excluding hydrogens is 256 g/mol. The Morgan fingerprint density at radius 1 is 1.44 bits per heavy atom. The van der Waals surface area contributed by atoms with Crippen LogP contribution in [0.5, 0.6) is 0 Å². The molecule has 0 aliphatic rings. The first-order valence-electron chi connectivity index (χ1n) is 5.85. The van der Waals surface area contributed by atoms with E-state index >= 15 is 0 Å². The van der Waals surface area contributed by atoms with E-state index in [2.05, 4.69) is 29.0 Å². The van der Waals surface area contributed by atoms with Crippen LogP contribution in [0.1, 0.15) is 13.8 Å². The predicted molar refractivity (Wildman–Crippen MR) is 72.2 cm³/mol. The highest BCUT2D eigenvalue weighted by atomic mass is 35.5. The van der Waals surface area contributed by atoms with Crippen molar-refractivity contribution in [1.82, 2.24) is 9.88 Å². The number of nitro groups is 1. The number of nitrogens with zero attached hydrogens (tertiary/aromatic N) is 3. The van der Waals surface area contributed by atoms with Crippen molar-refractivity contribution in [3.63, 3.8) is 0 Å². The zero-order valence-electron chi connectivity index (χ0n) is 10.5. The second kappa shape index (κ2) is 7.13. The van der Waals surface area contributed by atoms with Gasteiger partial charge in [-0.2, -0.15) is 0 Å². The molecule has 0 spiro atoms. The van der Waals surface area contributed by atoms with Crippen LogP contribution in [0.15, 0.2) is 12.1 Å². The number of rotatable bonds is 7. The Labute approximate surface area is 111 Å². The minimum absolute atomic E-state index is 0.0565. The lowest BCUT2D eigenvalue weighted by Gasteiger charge is -2.18. The molecule has 100 valence electrons. The molecular formula is C11H17ClN4O2. The second-order valence-electron chi connectivity index (χ2n) is 3.71. The second-order valence-corrected chi connectivity index (χ2v) is 4.10. The molecule has 1 rings (SSSR count). The Bertz CT molecular complexity index is 410. The highest BCUT2D eigenvalue weighted by molar-refractivity contribution is 6.29. The van der Waals surface area contributed by atoms with Gasteiger partial charge in [0.2, 0.25) is 5.82 Å². The van der Waals surface area contributed by atoms with Crippen LogP contribution in [0.4, 0.5) is 11.5 Å². The van der Waals surface area contributed by atoms with Crippen LogP contribution in [-0.4, -0.2) is 41.0 Å². The van der Waals surface area contributed by atoms with Gasteiger partial charge in [0.15, 0.2) is 0 Å². The van der Waals surface area contributed by atoms with Gasteiger partial charge < -0.3 is 10.2 Å². The van der Waals surface area contributed by atoms with Crippen LogP contribution in [-0.2, 0) is 0 Å². The largest absolute Gasteiger partial charge is 0.363 e. The Kier molecular flexibility index (Phi) is 5.80. The number of hydrogen-bond donors (Lipinski definition) is 1. The summed E-state index contributed by atoms with van der Waals surface area (Å²) in [5.74, 6) is 0.222. The highest BCUT2D eigenvalue weighted by Crippen LogP contribution is 2.23. The molecule has 1 aromatic rings. The molecule has 0 saturated carbocycles. The van der Waals surface area contributed by atoms with Crippen LogP contribution in [0.25, 0.3) is 0 Å². The molecule has 0 aromatic carbocycles. The average molecular weight is 273 g/mol. The van der Waals surface area contributed by atoms with E-state index in [9.17, 15) is 10.1 Å². The SMILES string of the molecule is CCN(CC)CCNc1nc(Cl)ccc1[N+](=O)[O-]. The van der Waals surface area contributed by atoms with Crippen molar-refractivity contribution in [1.29, 1.82) is 0 Å².